The predicted molar refractivity (Wildman–Crippen MR) is 80.0 cm³/mol. The van der Waals surface area contributed by atoms with Crippen molar-refractivity contribution in [3.8, 4) is 11.5 Å². The summed E-state index contributed by atoms with van der Waals surface area (Å²) in [5.41, 5.74) is 0.704. The van der Waals surface area contributed by atoms with Crippen LogP contribution in [0, 0.1) is 0 Å². The molecule has 1 aliphatic rings. The van der Waals surface area contributed by atoms with Crippen LogP contribution in [0.4, 0.5) is 5.69 Å². The van der Waals surface area contributed by atoms with Crippen molar-refractivity contribution in [2.75, 3.05) is 38.8 Å². The number of rotatable bonds is 7. The number of hydrogen-bond acceptors (Lipinski definition) is 5. The minimum atomic E-state index is -0.0871. The number of ether oxygens (including phenoxy) is 3. The molecule has 1 atom stereocenters. The lowest BCUT2D eigenvalue weighted by atomic mass is 10.2. The van der Waals surface area contributed by atoms with E-state index in [0.29, 0.717) is 37.0 Å². The first kappa shape index (κ1) is 15.6. The van der Waals surface area contributed by atoms with Gasteiger partial charge in [0.1, 0.15) is 13.2 Å². The summed E-state index contributed by atoms with van der Waals surface area (Å²) in [5.74, 6) is 1.29. The highest BCUT2D eigenvalue weighted by molar-refractivity contribution is 5.92. The number of anilines is 1. The number of carbonyl (C=O) groups excluding carboxylic acids is 1. The van der Waals surface area contributed by atoms with Crippen LogP contribution < -0.4 is 20.1 Å². The Morgan fingerprint density at radius 2 is 2.10 bits per heavy atom. The quantitative estimate of drug-likeness (QED) is 0.796. The monoisotopic (exact) mass is 294 g/mol. The van der Waals surface area contributed by atoms with Crippen LogP contribution in [0.15, 0.2) is 18.2 Å². The number of hydrogen-bond donors (Lipinski definition) is 2. The molecule has 1 amide bonds. The molecule has 1 aliphatic heterocycles. The minimum Gasteiger partial charge on any atom is -0.486 e. The molecule has 116 valence electrons. The molecule has 1 heterocycles. The molecule has 0 fully saturated rings. The number of benzene rings is 1. The van der Waals surface area contributed by atoms with Gasteiger partial charge in [0.05, 0.1) is 6.54 Å². The van der Waals surface area contributed by atoms with Gasteiger partial charge in [0.25, 0.3) is 0 Å². The van der Waals surface area contributed by atoms with E-state index in [1.165, 1.54) is 0 Å². The molecule has 1 unspecified atom stereocenters. The highest BCUT2D eigenvalue weighted by Gasteiger charge is 2.13. The van der Waals surface area contributed by atoms with E-state index in [2.05, 4.69) is 10.6 Å². The predicted octanol–water partition coefficient (Wildman–Crippen LogP) is 1.41. The summed E-state index contributed by atoms with van der Waals surface area (Å²) in [6.07, 6.45) is 0.869. The average Bonchev–Trinajstić information content (AvgIpc) is 2.50. The lowest BCUT2D eigenvalue weighted by Gasteiger charge is -2.19. The SMILES string of the molecule is COCCC(C)NCC(=O)Nc1ccc2c(c1)OCCO2. The van der Waals surface area contributed by atoms with Crippen LogP contribution in [-0.2, 0) is 9.53 Å². The Hall–Kier alpha value is -1.79. The van der Waals surface area contributed by atoms with E-state index >= 15 is 0 Å². The highest BCUT2D eigenvalue weighted by atomic mass is 16.6. The first-order chi connectivity index (χ1) is 10.2. The van der Waals surface area contributed by atoms with Crippen molar-refractivity contribution >= 4 is 11.6 Å². The van der Waals surface area contributed by atoms with Crippen molar-refractivity contribution < 1.29 is 19.0 Å². The second kappa shape index (κ2) is 7.85. The number of methoxy groups -OCH3 is 1. The van der Waals surface area contributed by atoms with Crippen molar-refractivity contribution in [1.82, 2.24) is 5.32 Å². The summed E-state index contributed by atoms with van der Waals surface area (Å²) in [5, 5.41) is 5.99. The maximum Gasteiger partial charge on any atom is 0.238 e. The lowest BCUT2D eigenvalue weighted by molar-refractivity contribution is -0.115. The molecule has 1 aromatic carbocycles. The number of fused-ring (bicyclic) bond motifs is 1. The fraction of sp³-hybridized carbons (Fsp3) is 0.533. The van der Waals surface area contributed by atoms with Gasteiger partial charge in [0.2, 0.25) is 5.91 Å². The zero-order valence-electron chi connectivity index (χ0n) is 12.5. The van der Waals surface area contributed by atoms with Gasteiger partial charge in [-0.15, -0.1) is 0 Å². The molecule has 0 aliphatic carbocycles. The molecule has 0 bridgehead atoms. The summed E-state index contributed by atoms with van der Waals surface area (Å²) in [6.45, 7) is 4.05. The summed E-state index contributed by atoms with van der Waals surface area (Å²) < 4.78 is 15.9. The summed E-state index contributed by atoms with van der Waals surface area (Å²) >= 11 is 0. The molecule has 1 aromatic rings. The van der Waals surface area contributed by atoms with Gasteiger partial charge in [-0.2, -0.15) is 0 Å². The third kappa shape index (κ3) is 4.91. The largest absolute Gasteiger partial charge is 0.486 e. The van der Waals surface area contributed by atoms with Crippen LogP contribution in [0.3, 0.4) is 0 Å². The van der Waals surface area contributed by atoms with Gasteiger partial charge in [-0.1, -0.05) is 0 Å². The number of nitrogens with one attached hydrogen (secondary N) is 2. The van der Waals surface area contributed by atoms with Gasteiger partial charge >= 0.3 is 0 Å². The van der Waals surface area contributed by atoms with E-state index < -0.39 is 0 Å². The molecule has 2 N–H and O–H groups in total. The van der Waals surface area contributed by atoms with Crippen LogP contribution in [0.25, 0.3) is 0 Å². The topological polar surface area (TPSA) is 68.8 Å². The Bertz CT molecular complexity index is 479. The number of amides is 1. The number of carbonyl (C=O) groups is 1. The summed E-state index contributed by atoms with van der Waals surface area (Å²) in [7, 11) is 1.67. The smallest absolute Gasteiger partial charge is 0.238 e. The Labute approximate surface area is 124 Å². The zero-order valence-corrected chi connectivity index (χ0v) is 12.5. The molecule has 0 aromatic heterocycles. The second-order valence-electron chi connectivity index (χ2n) is 4.97. The molecule has 0 radical (unpaired) electrons. The molecule has 0 saturated heterocycles. The molecule has 0 saturated carbocycles. The van der Waals surface area contributed by atoms with Crippen molar-refractivity contribution in [2.45, 2.75) is 19.4 Å². The third-order valence-corrected chi connectivity index (χ3v) is 3.19. The first-order valence-electron chi connectivity index (χ1n) is 7.11. The third-order valence-electron chi connectivity index (χ3n) is 3.19. The molecule has 6 heteroatoms. The average molecular weight is 294 g/mol. The van der Waals surface area contributed by atoms with Crippen LogP contribution >= 0.6 is 0 Å². The van der Waals surface area contributed by atoms with Crippen molar-refractivity contribution in [2.24, 2.45) is 0 Å². The first-order valence-corrected chi connectivity index (χ1v) is 7.11. The van der Waals surface area contributed by atoms with Gasteiger partial charge < -0.3 is 24.8 Å². The summed E-state index contributed by atoms with van der Waals surface area (Å²) in [6, 6.07) is 5.62. The molecule has 6 nitrogen and oxygen atoms in total. The Balaban J connectivity index is 1.80. The van der Waals surface area contributed by atoms with Gasteiger partial charge in [-0.05, 0) is 25.5 Å². The van der Waals surface area contributed by atoms with Crippen molar-refractivity contribution in [3.63, 3.8) is 0 Å². The van der Waals surface area contributed by atoms with E-state index in [9.17, 15) is 4.79 Å². The Kier molecular flexibility index (Phi) is 5.83. The standard InChI is InChI=1S/C15H22N2O4/c1-11(5-6-19-2)16-10-15(18)17-12-3-4-13-14(9-12)21-8-7-20-13/h3-4,9,11,16H,5-8,10H2,1-2H3,(H,17,18). The summed E-state index contributed by atoms with van der Waals surface area (Å²) in [4.78, 5) is 11.9. The molecule has 0 spiro atoms. The minimum absolute atomic E-state index is 0.0871. The molecule has 2 rings (SSSR count). The van der Waals surface area contributed by atoms with Crippen LogP contribution in [0.2, 0.25) is 0 Å². The second-order valence-corrected chi connectivity index (χ2v) is 4.97. The van der Waals surface area contributed by atoms with Gasteiger partial charge in [0, 0.05) is 31.5 Å². The Morgan fingerprint density at radius 3 is 2.86 bits per heavy atom. The zero-order chi connectivity index (χ0) is 15.1. The van der Waals surface area contributed by atoms with Gasteiger partial charge in [-0.3, -0.25) is 4.79 Å². The lowest BCUT2D eigenvalue weighted by Crippen LogP contribution is -2.35. The van der Waals surface area contributed by atoms with Gasteiger partial charge in [0.15, 0.2) is 11.5 Å². The fourth-order valence-corrected chi connectivity index (χ4v) is 1.99. The maximum absolute atomic E-state index is 11.9. The van der Waals surface area contributed by atoms with Gasteiger partial charge in [-0.25, -0.2) is 0 Å². The molecular formula is C15H22N2O4. The van der Waals surface area contributed by atoms with E-state index in [1.54, 1.807) is 25.3 Å². The molecule has 21 heavy (non-hydrogen) atoms. The highest BCUT2D eigenvalue weighted by Crippen LogP contribution is 2.32. The Morgan fingerprint density at radius 1 is 1.33 bits per heavy atom. The normalized spacial score (nSPS) is 14.6. The van der Waals surface area contributed by atoms with Crippen LogP contribution in [0.1, 0.15) is 13.3 Å². The van der Waals surface area contributed by atoms with E-state index in [0.717, 1.165) is 6.42 Å². The van der Waals surface area contributed by atoms with Crippen molar-refractivity contribution in [1.29, 1.82) is 0 Å². The van der Waals surface area contributed by atoms with Crippen molar-refractivity contribution in [3.05, 3.63) is 18.2 Å². The van der Waals surface area contributed by atoms with E-state index in [4.69, 9.17) is 14.2 Å². The maximum atomic E-state index is 11.9. The van der Waals surface area contributed by atoms with Crippen LogP contribution in [0.5, 0.6) is 11.5 Å². The van der Waals surface area contributed by atoms with Crippen LogP contribution in [-0.4, -0.2) is 45.4 Å². The van der Waals surface area contributed by atoms with E-state index in [-0.39, 0.29) is 18.5 Å². The van der Waals surface area contributed by atoms with E-state index in [1.807, 2.05) is 6.92 Å². The fourth-order valence-electron chi connectivity index (χ4n) is 1.99. The molecular weight excluding hydrogens is 272 g/mol.